The lowest BCUT2D eigenvalue weighted by molar-refractivity contribution is -0.139. The van der Waals surface area contributed by atoms with Crippen LogP contribution in [0.1, 0.15) is 19.4 Å². The fourth-order valence-corrected chi connectivity index (χ4v) is 4.15. The summed E-state index contributed by atoms with van der Waals surface area (Å²) in [5.74, 6) is 0.0497. The van der Waals surface area contributed by atoms with E-state index in [2.05, 4.69) is 4.99 Å². The smallest absolute Gasteiger partial charge is 0.341 e. The highest BCUT2D eigenvalue weighted by molar-refractivity contribution is 8.18. The van der Waals surface area contributed by atoms with E-state index in [0.29, 0.717) is 22.2 Å². The second-order valence-electron chi connectivity index (χ2n) is 7.38. The molecule has 0 bridgehead atoms. The third-order valence-corrected chi connectivity index (χ3v) is 5.64. The number of amidine groups is 1. The number of ether oxygens (including phenoxy) is 2. The van der Waals surface area contributed by atoms with Gasteiger partial charge in [-0.15, -0.1) is 0 Å². The number of rotatable bonds is 8. The third kappa shape index (κ3) is 6.05. The molecule has 1 fully saturated rings. The summed E-state index contributed by atoms with van der Waals surface area (Å²) in [6, 6.07) is 12.2. The number of methoxy groups -OCH3 is 1. The Kier molecular flexibility index (Phi) is 7.82. The molecule has 1 amide bonds. The average molecular weight is 475 g/mol. The molecule has 1 aliphatic heterocycles. The molecule has 3 rings (SSSR count). The molecule has 1 heterocycles. The lowest BCUT2D eigenvalue weighted by Crippen LogP contribution is -2.32. The van der Waals surface area contributed by atoms with Gasteiger partial charge in [-0.25, -0.2) is 9.79 Å². The number of amides is 1. The van der Waals surface area contributed by atoms with E-state index in [1.54, 1.807) is 36.3 Å². The van der Waals surface area contributed by atoms with E-state index in [0.717, 1.165) is 11.4 Å². The Bertz CT molecular complexity index is 1070. The van der Waals surface area contributed by atoms with E-state index in [-0.39, 0.29) is 22.6 Å². The van der Waals surface area contributed by atoms with Gasteiger partial charge in [0.2, 0.25) is 0 Å². The molecule has 2 aromatic carbocycles. The van der Waals surface area contributed by atoms with Crippen molar-refractivity contribution in [1.82, 2.24) is 4.90 Å². The summed E-state index contributed by atoms with van der Waals surface area (Å²) in [7, 11) is 1.60. The molecule has 1 saturated heterocycles. The van der Waals surface area contributed by atoms with Crippen LogP contribution in [0.25, 0.3) is 6.08 Å². The third-order valence-electron chi connectivity index (χ3n) is 4.34. The molecular formula is C23H23ClN2O5S. The summed E-state index contributed by atoms with van der Waals surface area (Å²) < 4.78 is 10.3. The molecule has 0 aromatic heterocycles. The van der Waals surface area contributed by atoms with Crippen LogP contribution in [0.15, 0.2) is 52.4 Å². The Morgan fingerprint density at radius 1 is 1.25 bits per heavy atom. The summed E-state index contributed by atoms with van der Waals surface area (Å²) in [6.45, 7) is 4.14. The van der Waals surface area contributed by atoms with E-state index in [9.17, 15) is 9.59 Å². The summed E-state index contributed by atoms with van der Waals surface area (Å²) in [5, 5.41) is 9.61. The monoisotopic (exact) mass is 474 g/mol. The van der Waals surface area contributed by atoms with Gasteiger partial charge in [-0.2, -0.15) is 0 Å². The van der Waals surface area contributed by atoms with Crippen LogP contribution in [0, 0.1) is 5.92 Å². The van der Waals surface area contributed by atoms with E-state index in [4.69, 9.17) is 26.2 Å². The summed E-state index contributed by atoms with van der Waals surface area (Å²) >= 11 is 7.51. The maximum absolute atomic E-state index is 13.1. The van der Waals surface area contributed by atoms with Crippen LogP contribution in [-0.2, 0) is 9.59 Å². The van der Waals surface area contributed by atoms with Gasteiger partial charge in [0.25, 0.3) is 5.91 Å². The topological polar surface area (TPSA) is 88.4 Å². The van der Waals surface area contributed by atoms with E-state index in [1.807, 2.05) is 38.1 Å². The molecular weight excluding hydrogens is 452 g/mol. The van der Waals surface area contributed by atoms with Crippen LogP contribution in [-0.4, -0.2) is 47.3 Å². The van der Waals surface area contributed by atoms with Crippen LogP contribution in [0.3, 0.4) is 0 Å². The second-order valence-corrected chi connectivity index (χ2v) is 8.80. The molecule has 7 nitrogen and oxygen atoms in total. The van der Waals surface area contributed by atoms with Crippen molar-refractivity contribution in [3.05, 3.63) is 58.0 Å². The normalized spacial score (nSPS) is 16.3. The first-order valence-electron chi connectivity index (χ1n) is 9.85. The number of carboxylic acids is 1. The van der Waals surface area contributed by atoms with Crippen LogP contribution >= 0.6 is 23.4 Å². The largest absolute Gasteiger partial charge is 0.497 e. The molecule has 1 aliphatic rings. The molecule has 0 spiro atoms. The summed E-state index contributed by atoms with van der Waals surface area (Å²) in [4.78, 5) is 30.6. The molecule has 0 aliphatic carbocycles. The minimum atomic E-state index is -1.09. The predicted molar refractivity (Wildman–Crippen MR) is 127 cm³/mol. The number of halogens is 1. The van der Waals surface area contributed by atoms with Crippen molar-refractivity contribution in [3.8, 4) is 11.5 Å². The average Bonchev–Trinajstić information content (AvgIpc) is 3.02. The van der Waals surface area contributed by atoms with Crippen LogP contribution < -0.4 is 9.47 Å². The van der Waals surface area contributed by atoms with Gasteiger partial charge >= 0.3 is 5.97 Å². The van der Waals surface area contributed by atoms with Crippen molar-refractivity contribution in [1.29, 1.82) is 0 Å². The lowest BCUT2D eigenvalue weighted by Gasteiger charge is -2.17. The number of thioether (sulfide) groups is 1. The minimum Gasteiger partial charge on any atom is -0.497 e. The number of aliphatic imine (C=N–C) groups is 1. The maximum Gasteiger partial charge on any atom is 0.341 e. The van der Waals surface area contributed by atoms with Crippen molar-refractivity contribution >= 4 is 52.2 Å². The van der Waals surface area contributed by atoms with Crippen molar-refractivity contribution in [2.45, 2.75) is 13.8 Å². The Balaban J connectivity index is 1.87. The molecule has 2 aromatic rings. The number of benzene rings is 2. The molecule has 0 unspecified atom stereocenters. The molecule has 9 heteroatoms. The highest BCUT2D eigenvalue weighted by atomic mass is 35.5. The van der Waals surface area contributed by atoms with E-state index >= 15 is 0 Å². The highest BCUT2D eigenvalue weighted by Crippen LogP contribution is 2.36. The first-order valence-corrected chi connectivity index (χ1v) is 11.0. The number of hydrogen-bond acceptors (Lipinski definition) is 6. The van der Waals surface area contributed by atoms with Crippen molar-refractivity contribution in [3.63, 3.8) is 0 Å². The Morgan fingerprint density at radius 2 is 1.97 bits per heavy atom. The molecule has 0 radical (unpaired) electrons. The number of carbonyl (C=O) groups is 2. The molecule has 168 valence electrons. The van der Waals surface area contributed by atoms with Crippen LogP contribution in [0.5, 0.6) is 11.5 Å². The zero-order valence-electron chi connectivity index (χ0n) is 17.9. The molecule has 1 N–H and O–H groups in total. The standard InChI is InChI=1S/C23H23ClN2O5S/c1-14(2)12-26-22(29)20(32-23(26)25-16-5-7-17(30-3)8-6-16)11-15-4-9-19(18(24)10-15)31-13-21(27)28/h4-11,14H,12-13H2,1-3H3,(H,27,28)/b20-11-,25-23?. The zero-order valence-corrected chi connectivity index (χ0v) is 19.4. The van der Waals surface area contributed by atoms with Crippen LogP contribution in [0.2, 0.25) is 5.02 Å². The Hall–Kier alpha value is -2.97. The number of nitrogens with zero attached hydrogens (tertiary/aromatic N) is 2. The van der Waals surface area contributed by atoms with E-state index in [1.165, 1.54) is 11.8 Å². The lowest BCUT2D eigenvalue weighted by atomic mass is 10.2. The number of carbonyl (C=O) groups excluding carboxylic acids is 1. The number of hydrogen-bond donors (Lipinski definition) is 1. The number of carboxylic acid groups (broad SMARTS) is 1. The van der Waals surface area contributed by atoms with Gasteiger partial charge in [-0.3, -0.25) is 9.69 Å². The fraction of sp³-hybridized carbons (Fsp3) is 0.261. The van der Waals surface area contributed by atoms with Gasteiger partial charge in [0.15, 0.2) is 11.8 Å². The Morgan fingerprint density at radius 3 is 2.56 bits per heavy atom. The SMILES string of the molecule is COc1ccc(N=C2S/C(=C\c3ccc(OCC(=O)O)c(Cl)c3)C(=O)N2CC(C)C)cc1. The molecule has 0 saturated carbocycles. The Labute approximate surface area is 195 Å². The fourth-order valence-electron chi connectivity index (χ4n) is 2.90. The minimum absolute atomic E-state index is 0.127. The summed E-state index contributed by atoms with van der Waals surface area (Å²) in [5.41, 5.74) is 1.42. The molecule has 32 heavy (non-hydrogen) atoms. The van der Waals surface area contributed by atoms with Crippen molar-refractivity contribution in [2.24, 2.45) is 10.9 Å². The van der Waals surface area contributed by atoms with Gasteiger partial charge in [-0.05, 0) is 65.7 Å². The van der Waals surface area contributed by atoms with Crippen LogP contribution in [0.4, 0.5) is 5.69 Å². The predicted octanol–water partition coefficient (Wildman–Crippen LogP) is 5.07. The van der Waals surface area contributed by atoms with Crippen molar-refractivity contribution in [2.75, 3.05) is 20.3 Å². The highest BCUT2D eigenvalue weighted by Gasteiger charge is 2.33. The van der Waals surface area contributed by atoms with Gasteiger partial charge in [0.1, 0.15) is 11.5 Å². The number of aliphatic carboxylic acids is 1. The van der Waals surface area contributed by atoms with Gasteiger partial charge in [-0.1, -0.05) is 31.5 Å². The first-order chi connectivity index (χ1) is 15.3. The zero-order chi connectivity index (χ0) is 23.3. The van der Waals surface area contributed by atoms with Gasteiger partial charge in [0, 0.05) is 6.54 Å². The van der Waals surface area contributed by atoms with Gasteiger partial charge in [0.05, 0.1) is 22.7 Å². The summed E-state index contributed by atoms with van der Waals surface area (Å²) in [6.07, 6.45) is 1.74. The van der Waals surface area contributed by atoms with Gasteiger partial charge < -0.3 is 14.6 Å². The van der Waals surface area contributed by atoms with Crippen molar-refractivity contribution < 1.29 is 24.2 Å². The van der Waals surface area contributed by atoms with E-state index < -0.39 is 12.6 Å². The molecule has 0 atom stereocenters. The first kappa shape index (κ1) is 23.7. The quantitative estimate of drug-likeness (QED) is 0.537. The second kappa shape index (κ2) is 10.6. The maximum atomic E-state index is 13.1.